The van der Waals surface area contributed by atoms with E-state index in [0.29, 0.717) is 24.2 Å². The van der Waals surface area contributed by atoms with Crippen LogP contribution in [0.5, 0.6) is 0 Å². The lowest BCUT2D eigenvalue weighted by Gasteiger charge is -2.32. The fourth-order valence-corrected chi connectivity index (χ4v) is 2.98. The second-order valence-electron chi connectivity index (χ2n) is 6.24. The van der Waals surface area contributed by atoms with Gasteiger partial charge in [0.1, 0.15) is 0 Å². The molecule has 1 fully saturated rings. The molecule has 132 valence electrons. The van der Waals surface area contributed by atoms with Crippen LogP contribution in [0, 0.1) is 5.92 Å². The van der Waals surface area contributed by atoms with Crippen LogP contribution in [0.15, 0.2) is 24.3 Å². The number of aryl methyl sites for hydroxylation is 1. The number of hydrogen-bond acceptors (Lipinski definition) is 2. The van der Waals surface area contributed by atoms with Gasteiger partial charge in [-0.25, -0.2) is 0 Å². The van der Waals surface area contributed by atoms with Gasteiger partial charge in [-0.1, -0.05) is 12.1 Å². The van der Waals surface area contributed by atoms with Crippen molar-refractivity contribution in [3.63, 3.8) is 0 Å². The molecule has 1 aromatic rings. The topological polar surface area (TPSA) is 63.4 Å². The molecular weight excluding hydrogens is 321 g/mol. The molecule has 1 saturated heterocycles. The van der Waals surface area contributed by atoms with E-state index in [-0.39, 0.29) is 30.6 Å². The Balaban J connectivity index is 1.95. The molecule has 0 aliphatic carbocycles. The van der Waals surface area contributed by atoms with Gasteiger partial charge < -0.3 is 10.6 Å². The van der Waals surface area contributed by atoms with Crippen LogP contribution in [0.2, 0.25) is 0 Å². The van der Waals surface area contributed by atoms with Crippen molar-refractivity contribution in [3.8, 4) is 0 Å². The van der Waals surface area contributed by atoms with Crippen LogP contribution in [-0.4, -0.2) is 36.0 Å². The number of likely N-dealkylation sites (tertiary alicyclic amines) is 1. The molecule has 1 atom stereocenters. The van der Waals surface area contributed by atoms with Gasteiger partial charge in [-0.3, -0.25) is 9.59 Å². The van der Waals surface area contributed by atoms with Crippen LogP contribution in [0.25, 0.3) is 0 Å². The average Bonchev–Trinajstić information content (AvgIpc) is 2.52. The van der Waals surface area contributed by atoms with Crippen molar-refractivity contribution in [2.24, 2.45) is 11.7 Å². The number of benzene rings is 1. The Hall–Kier alpha value is -2.05. The Morgan fingerprint density at radius 1 is 1.21 bits per heavy atom. The maximum atomic E-state index is 12.5. The number of rotatable bonds is 5. The van der Waals surface area contributed by atoms with E-state index in [1.54, 1.807) is 29.2 Å². The first-order chi connectivity index (χ1) is 11.2. The second kappa shape index (κ2) is 7.68. The van der Waals surface area contributed by atoms with Gasteiger partial charge in [0.05, 0.1) is 0 Å². The number of amides is 2. The standard InChI is InChI=1S/C17H21F3N2O2/c18-17(19,20)8-7-12-3-5-14(6-4-12)16(24)22-9-1-2-13(11-22)10-15(21)23/h3-6,13H,1-2,7-11H2,(H2,21,23). The Labute approximate surface area is 138 Å². The van der Waals surface area contributed by atoms with Crippen molar-refractivity contribution in [1.82, 2.24) is 4.90 Å². The predicted octanol–water partition coefficient (Wildman–Crippen LogP) is 2.91. The summed E-state index contributed by atoms with van der Waals surface area (Å²) in [5.74, 6) is -0.457. The Bertz CT molecular complexity index is 584. The van der Waals surface area contributed by atoms with E-state index in [1.165, 1.54) is 0 Å². The van der Waals surface area contributed by atoms with Crippen LogP contribution in [0.3, 0.4) is 0 Å². The minimum Gasteiger partial charge on any atom is -0.370 e. The highest BCUT2D eigenvalue weighted by Crippen LogP contribution is 2.23. The predicted molar refractivity (Wildman–Crippen MR) is 83.3 cm³/mol. The van der Waals surface area contributed by atoms with Crippen molar-refractivity contribution in [2.75, 3.05) is 13.1 Å². The van der Waals surface area contributed by atoms with Gasteiger partial charge in [-0.15, -0.1) is 0 Å². The monoisotopic (exact) mass is 342 g/mol. The maximum Gasteiger partial charge on any atom is 0.389 e. The first kappa shape index (κ1) is 18.3. The number of primary amides is 1. The molecule has 2 rings (SSSR count). The lowest BCUT2D eigenvalue weighted by Crippen LogP contribution is -2.41. The third-order valence-electron chi connectivity index (χ3n) is 4.19. The first-order valence-corrected chi connectivity index (χ1v) is 7.98. The molecule has 0 bridgehead atoms. The van der Waals surface area contributed by atoms with E-state index >= 15 is 0 Å². The number of piperidine rings is 1. The van der Waals surface area contributed by atoms with E-state index in [2.05, 4.69) is 0 Å². The highest BCUT2D eigenvalue weighted by molar-refractivity contribution is 5.94. The Morgan fingerprint density at radius 3 is 2.46 bits per heavy atom. The van der Waals surface area contributed by atoms with Crippen LogP contribution in [0.1, 0.15) is 41.6 Å². The summed E-state index contributed by atoms with van der Waals surface area (Å²) in [6.07, 6.45) is -3.21. The van der Waals surface area contributed by atoms with Crippen molar-refractivity contribution in [1.29, 1.82) is 0 Å². The van der Waals surface area contributed by atoms with Crippen molar-refractivity contribution in [2.45, 2.75) is 38.3 Å². The average molecular weight is 342 g/mol. The molecule has 2 N–H and O–H groups in total. The highest BCUT2D eigenvalue weighted by Gasteiger charge is 2.27. The van der Waals surface area contributed by atoms with Crippen molar-refractivity contribution in [3.05, 3.63) is 35.4 Å². The largest absolute Gasteiger partial charge is 0.389 e. The fourth-order valence-electron chi connectivity index (χ4n) is 2.98. The van der Waals surface area contributed by atoms with E-state index < -0.39 is 12.6 Å². The summed E-state index contributed by atoms with van der Waals surface area (Å²) >= 11 is 0. The molecule has 0 radical (unpaired) electrons. The Morgan fingerprint density at radius 2 is 1.88 bits per heavy atom. The number of alkyl halides is 3. The molecule has 1 aromatic carbocycles. The second-order valence-corrected chi connectivity index (χ2v) is 6.24. The quantitative estimate of drug-likeness (QED) is 0.894. The molecule has 0 saturated carbocycles. The molecule has 1 heterocycles. The number of carbonyl (C=O) groups excluding carboxylic acids is 2. The van der Waals surface area contributed by atoms with Crippen LogP contribution >= 0.6 is 0 Å². The SMILES string of the molecule is NC(=O)CC1CCCN(C(=O)c2ccc(CCC(F)(F)F)cc2)C1. The lowest BCUT2D eigenvalue weighted by molar-refractivity contribution is -0.134. The molecule has 4 nitrogen and oxygen atoms in total. The number of halogens is 3. The molecule has 24 heavy (non-hydrogen) atoms. The first-order valence-electron chi connectivity index (χ1n) is 7.98. The van der Waals surface area contributed by atoms with Crippen LogP contribution in [-0.2, 0) is 11.2 Å². The highest BCUT2D eigenvalue weighted by atomic mass is 19.4. The van der Waals surface area contributed by atoms with E-state index in [4.69, 9.17) is 5.73 Å². The summed E-state index contributed by atoms with van der Waals surface area (Å²) in [5, 5.41) is 0. The van der Waals surface area contributed by atoms with Gasteiger partial charge in [0.15, 0.2) is 0 Å². The van der Waals surface area contributed by atoms with Gasteiger partial charge in [0, 0.05) is 31.5 Å². The number of hydrogen-bond donors (Lipinski definition) is 1. The van der Waals surface area contributed by atoms with Crippen LogP contribution in [0.4, 0.5) is 13.2 Å². The molecule has 0 aromatic heterocycles. The number of nitrogens with two attached hydrogens (primary N) is 1. The minimum atomic E-state index is -4.18. The smallest absolute Gasteiger partial charge is 0.370 e. The van der Waals surface area contributed by atoms with Gasteiger partial charge in [0.25, 0.3) is 5.91 Å². The molecule has 1 aliphatic heterocycles. The van der Waals surface area contributed by atoms with Gasteiger partial charge in [-0.05, 0) is 42.9 Å². The number of carbonyl (C=O) groups is 2. The fraction of sp³-hybridized carbons (Fsp3) is 0.529. The summed E-state index contributed by atoms with van der Waals surface area (Å²) < 4.78 is 36.7. The molecular formula is C17H21F3N2O2. The lowest BCUT2D eigenvalue weighted by atomic mass is 9.94. The van der Waals surface area contributed by atoms with Gasteiger partial charge in [0.2, 0.25) is 5.91 Å². The summed E-state index contributed by atoms with van der Waals surface area (Å²) in [7, 11) is 0. The zero-order chi connectivity index (χ0) is 17.7. The Kier molecular flexibility index (Phi) is 5.85. The van der Waals surface area contributed by atoms with Crippen molar-refractivity contribution >= 4 is 11.8 Å². The van der Waals surface area contributed by atoms with E-state index in [0.717, 1.165) is 12.8 Å². The van der Waals surface area contributed by atoms with Gasteiger partial charge in [-0.2, -0.15) is 13.2 Å². The minimum absolute atomic E-state index is 0.0752. The van der Waals surface area contributed by atoms with Gasteiger partial charge >= 0.3 is 6.18 Å². The van der Waals surface area contributed by atoms with Crippen molar-refractivity contribution < 1.29 is 22.8 Å². The zero-order valence-corrected chi connectivity index (χ0v) is 13.3. The maximum absolute atomic E-state index is 12.5. The summed E-state index contributed by atoms with van der Waals surface area (Å²) in [5.41, 5.74) is 6.21. The molecule has 1 unspecified atom stereocenters. The normalized spacial score (nSPS) is 18.5. The molecule has 2 amide bonds. The zero-order valence-electron chi connectivity index (χ0n) is 13.3. The van der Waals surface area contributed by atoms with E-state index in [1.807, 2.05) is 0 Å². The molecule has 0 spiro atoms. The molecule has 1 aliphatic rings. The third kappa shape index (κ3) is 5.54. The summed E-state index contributed by atoms with van der Waals surface area (Å²) in [4.78, 5) is 25.2. The van der Waals surface area contributed by atoms with E-state index in [9.17, 15) is 22.8 Å². The third-order valence-corrected chi connectivity index (χ3v) is 4.19. The summed E-state index contributed by atoms with van der Waals surface area (Å²) in [6.45, 7) is 1.10. The molecule has 7 heteroatoms. The number of nitrogens with zero attached hydrogens (tertiary/aromatic N) is 1. The van der Waals surface area contributed by atoms with Crippen LogP contribution < -0.4 is 5.73 Å². The summed E-state index contributed by atoms with van der Waals surface area (Å²) in [6, 6.07) is 6.24.